The van der Waals surface area contributed by atoms with Crippen molar-refractivity contribution in [2.75, 3.05) is 38.3 Å². The first-order chi connectivity index (χ1) is 8.56. The molecular formula is C10H20N2O5S. The van der Waals surface area contributed by atoms with Gasteiger partial charge in [0.05, 0.1) is 13.2 Å². The van der Waals surface area contributed by atoms with Crippen molar-refractivity contribution < 1.29 is 24.9 Å². The molecule has 0 rings (SSSR count). The number of amides is 2. The number of nitrogens with one attached hydrogen (secondary N) is 1. The summed E-state index contributed by atoms with van der Waals surface area (Å²) in [5.41, 5.74) is 0. The van der Waals surface area contributed by atoms with Gasteiger partial charge in [0.15, 0.2) is 0 Å². The normalized spacial score (nSPS) is 11.9. The van der Waals surface area contributed by atoms with Crippen LogP contribution in [-0.4, -0.2) is 76.6 Å². The predicted octanol–water partition coefficient (Wildman–Crippen LogP) is -0.811. The molecule has 106 valence electrons. The van der Waals surface area contributed by atoms with Gasteiger partial charge in [0, 0.05) is 13.1 Å². The van der Waals surface area contributed by atoms with E-state index in [1.54, 1.807) is 0 Å². The SMILES string of the molecule is CSCC[C@@H](NC(=O)N(CCO)CCO)C(=O)O. The molecule has 0 saturated carbocycles. The Kier molecular flexibility index (Phi) is 9.43. The molecule has 0 fully saturated rings. The molecule has 0 saturated heterocycles. The summed E-state index contributed by atoms with van der Waals surface area (Å²) in [7, 11) is 0. The lowest BCUT2D eigenvalue weighted by Gasteiger charge is -2.23. The average molecular weight is 280 g/mol. The van der Waals surface area contributed by atoms with Gasteiger partial charge in [0.1, 0.15) is 6.04 Å². The van der Waals surface area contributed by atoms with E-state index in [2.05, 4.69) is 5.32 Å². The zero-order valence-electron chi connectivity index (χ0n) is 10.3. The largest absolute Gasteiger partial charge is 0.480 e. The Morgan fingerprint density at radius 2 is 1.83 bits per heavy atom. The Morgan fingerprint density at radius 1 is 1.28 bits per heavy atom. The Bertz CT molecular complexity index is 259. The number of thioether (sulfide) groups is 1. The van der Waals surface area contributed by atoms with Crippen LogP contribution < -0.4 is 5.32 Å². The van der Waals surface area contributed by atoms with Crippen LogP contribution in [-0.2, 0) is 4.79 Å². The third kappa shape index (κ3) is 6.67. The number of carboxylic acid groups (broad SMARTS) is 1. The molecule has 0 spiro atoms. The molecule has 0 aromatic rings. The van der Waals surface area contributed by atoms with Crippen LogP contribution in [0, 0.1) is 0 Å². The van der Waals surface area contributed by atoms with Crippen LogP contribution in [0.1, 0.15) is 6.42 Å². The molecule has 8 heteroatoms. The standard InChI is InChI=1S/C10H20N2O5S/c1-18-7-2-8(9(15)16)11-10(17)12(3-5-13)4-6-14/h8,13-14H,2-7H2,1H3,(H,11,17)(H,15,16)/t8-/m1/s1. The van der Waals surface area contributed by atoms with Gasteiger partial charge >= 0.3 is 12.0 Å². The average Bonchev–Trinajstić information content (AvgIpc) is 2.33. The van der Waals surface area contributed by atoms with Gasteiger partial charge in [-0.3, -0.25) is 0 Å². The highest BCUT2D eigenvalue weighted by Crippen LogP contribution is 2.02. The van der Waals surface area contributed by atoms with Crippen LogP contribution in [0.4, 0.5) is 4.79 Å². The quantitative estimate of drug-likeness (QED) is 0.440. The summed E-state index contributed by atoms with van der Waals surface area (Å²) in [6.07, 6.45) is 2.18. The van der Waals surface area contributed by atoms with Crippen LogP contribution >= 0.6 is 11.8 Å². The molecule has 0 heterocycles. The van der Waals surface area contributed by atoms with Gasteiger partial charge < -0.3 is 25.5 Å². The molecule has 0 radical (unpaired) electrons. The van der Waals surface area contributed by atoms with Crippen molar-refractivity contribution in [3.05, 3.63) is 0 Å². The molecule has 0 aromatic carbocycles. The van der Waals surface area contributed by atoms with Crippen LogP contribution in [0.25, 0.3) is 0 Å². The van der Waals surface area contributed by atoms with Crippen LogP contribution in [0.2, 0.25) is 0 Å². The topological polar surface area (TPSA) is 110 Å². The molecule has 2 amide bonds. The predicted molar refractivity (Wildman–Crippen MR) is 68.7 cm³/mol. The fourth-order valence-corrected chi connectivity index (χ4v) is 1.76. The number of carbonyl (C=O) groups is 2. The molecule has 0 aliphatic carbocycles. The van der Waals surface area contributed by atoms with E-state index < -0.39 is 18.0 Å². The smallest absolute Gasteiger partial charge is 0.326 e. The molecular weight excluding hydrogens is 260 g/mol. The fraction of sp³-hybridized carbons (Fsp3) is 0.800. The van der Waals surface area contributed by atoms with Crippen molar-refractivity contribution >= 4 is 23.8 Å². The maximum absolute atomic E-state index is 11.7. The molecule has 0 bridgehead atoms. The van der Waals surface area contributed by atoms with E-state index in [-0.39, 0.29) is 26.3 Å². The van der Waals surface area contributed by atoms with E-state index in [1.165, 1.54) is 16.7 Å². The van der Waals surface area contributed by atoms with Gasteiger partial charge in [-0.1, -0.05) is 0 Å². The van der Waals surface area contributed by atoms with Gasteiger partial charge in [-0.2, -0.15) is 11.8 Å². The number of nitrogens with zero attached hydrogens (tertiary/aromatic N) is 1. The van der Waals surface area contributed by atoms with E-state index in [1.807, 2.05) is 6.26 Å². The van der Waals surface area contributed by atoms with Gasteiger partial charge in [0.25, 0.3) is 0 Å². The Morgan fingerprint density at radius 3 is 2.22 bits per heavy atom. The van der Waals surface area contributed by atoms with Crippen molar-refractivity contribution in [3.8, 4) is 0 Å². The fourth-order valence-electron chi connectivity index (χ4n) is 1.29. The summed E-state index contributed by atoms with van der Waals surface area (Å²) in [5.74, 6) is -0.470. The summed E-state index contributed by atoms with van der Waals surface area (Å²) in [4.78, 5) is 23.8. The Balaban J connectivity index is 4.39. The van der Waals surface area contributed by atoms with E-state index in [4.69, 9.17) is 15.3 Å². The first-order valence-corrected chi connectivity index (χ1v) is 6.95. The Labute approximate surface area is 110 Å². The molecule has 0 unspecified atom stereocenters. The number of rotatable bonds is 9. The third-order valence-corrected chi connectivity index (χ3v) is 2.88. The van der Waals surface area contributed by atoms with Gasteiger partial charge in [-0.15, -0.1) is 0 Å². The minimum Gasteiger partial charge on any atom is -0.480 e. The maximum atomic E-state index is 11.7. The monoisotopic (exact) mass is 280 g/mol. The van der Waals surface area contributed by atoms with Gasteiger partial charge in [0.2, 0.25) is 0 Å². The highest BCUT2D eigenvalue weighted by molar-refractivity contribution is 7.98. The second-order valence-electron chi connectivity index (χ2n) is 3.56. The molecule has 0 aliphatic rings. The number of carbonyl (C=O) groups excluding carboxylic acids is 1. The Hall–Kier alpha value is -0.990. The van der Waals surface area contributed by atoms with Crippen molar-refractivity contribution in [2.45, 2.75) is 12.5 Å². The number of aliphatic hydroxyl groups is 2. The number of hydrogen-bond donors (Lipinski definition) is 4. The lowest BCUT2D eigenvalue weighted by Crippen LogP contribution is -2.49. The lowest BCUT2D eigenvalue weighted by atomic mass is 10.2. The van der Waals surface area contributed by atoms with Gasteiger partial charge in [-0.25, -0.2) is 9.59 Å². The minimum atomic E-state index is -1.09. The molecule has 1 atom stereocenters. The van der Waals surface area contributed by atoms with Crippen molar-refractivity contribution in [1.82, 2.24) is 10.2 Å². The molecule has 0 aromatic heterocycles. The minimum absolute atomic E-state index is 0.0568. The number of carboxylic acids is 1. The maximum Gasteiger partial charge on any atom is 0.326 e. The van der Waals surface area contributed by atoms with E-state index in [0.717, 1.165) is 0 Å². The number of aliphatic carboxylic acids is 1. The summed E-state index contributed by atoms with van der Waals surface area (Å²) in [6, 6.07) is -1.54. The molecule has 7 nitrogen and oxygen atoms in total. The third-order valence-electron chi connectivity index (χ3n) is 2.23. The van der Waals surface area contributed by atoms with E-state index in [9.17, 15) is 9.59 Å². The summed E-state index contributed by atoms with van der Waals surface area (Å²) in [5, 5.41) is 28.9. The van der Waals surface area contributed by atoms with E-state index >= 15 is 0 Å². The first kappa shape index (κ1) is 17.0. The second kappa shape index (κ2) is 9.98. The summed E-state index contributed by atoms with van der Waals surface area (Å²) in [6.45, 7) is -0.367. The van der Waals surface area contributed by atoms with Crippen LogP contribution in [0.15, 0.2) is 0 Å². The molecule has 18 heavy (non-hydrogen) atoms. The summed E-state index contributed by atoms with van der Waals surface area (Å²) >= 11 is 1.50. The first-order valence-electron chi connectivity index (χ1n) is 5.55. The molecule has 4 N–H and O–H groups in total. The van der Waals surface area contributed by atoms with E-state index in [0.29, 0.717) is 12.2 Å². The second-order valence-corrected chi connectivity index (χ2v) is 4.54. The molecule has 0 aliphatic heterocycles. The zero-order chi connectivity index (χ0) is 14.0. The lowest BCUT2D eigenvalue weighted by molar-refractivity contribution is -0.139. The highest BCUT2D eigenvalue weighted by Gasteiger charge is 2.22. The number of hydrogen-bond acceptors (Lipinski definition) is 5. The number of urea groups is 1. The van der Waals surface area contributed by atoms with Crippen molar-refractivity contribution in [2.24, 2.45) is 0 Å². The van der Waals surface area contributed by atoms with Gasteiger partial charge in [-0.05, 0) is 18.4 Å². The van der Waals surface area contributed by atoms with Crippen molar-refractivity contribution in [3.63, 3.8) is 0 Å². The van der Waals surface area contributed by atoms with Crippen LogP contribution in [0.3, 0.4) is 0 Å². The zero-order valence-corrected chi connectivity index (χ0v) is 11.2. The van der Waals surface area contributed by atoms with Crippen LogP contribution in [0.5, 0.6) is 0 Å². The number of aliphatic hydroxyl groups excluding tert-OH is 2. The van der Waals surface area contributed by atoms with Crippen molar-refractivity contribution in [1.29, 1.82) is 0 Å². The summed E-state index contributed by atoms with van der Waals surface area (Å²) < 4.78 is 0. The highest BCUT2D eigenvalue weighted by atomic mass is 32.2.